The van der Waals surface area contributed by atoms with Gasteiger partial charge in [0.15, 0.2) is 0 Å². The lowest BCUT2D eigenvalue weighted by Gasteiger charge is -2.42. The number of nitrogens with zero attached hydrogens (tertiary/aromatic N) is 4. The third-order valence-electron chi connectivity index (χ3n) is 6.79. The van der Waals surface area contributed by atoms with Crippen LogP contribution >= 0.6 is 0 Å². The number of carbonyl (C=O) groups is 2. The standard InChI is InChI=1S/C20H36N4O2.2C2HF3O2/c1-17(2)24-13-18(11-21-24)12-22-7-5-20(6-8-22)16-23(9-10-25-3)14-19(20)15-26-4;2*3-2(4,5)1(6)7/h11,13,17,19H,5-10,12,14-16H2,1-4H3;2*(H,6,7). The van der Waals surface area contributed by atoms with Gasteiger partial charge in [-0.2, -0.15) is 31.4 Å². The van der Waals surface area contributed by atoms with Gasteiger partial charge in [0, 0.05) is 64.1 Å². The summed E-state index contributed by atoms with van der Waals surface area (Å²) in [4.78, 5) is 23.0. The molecule has 2 N–H and O–H groups in total. The van der Waals surface area contributed by atoms with E-state index in [0.29, 0.717) is 17.4 Å². The number of ether oxygens (including phenoxy) is 2. The number of hydrogen-bond acceptors (Lipinski definition) is 7. The van der Waals surface area contributed by atoms with Crippen LogP contribution in [0, 0.1) is 11.3 Å². The Hall–Kier alpha value is -2.43. The summed E-state index contributed by atoms with van der Waals surface area (Å²) < 4.78 is 76.4. The number of aliphatic carboxylic acids is 2. The Bertz CT molecular complexity index is 892. The topological polar surface area (TPSA) is 117 Å². The van der Waals surface area contributed by atoms with E-state index < -0.39 is 24.3 Å². The zero-order valence-electron chi connectivity index (χ0n) is 23.0. The van der Waals surface area contributed by atoms with Gasteiger partial charge in [0.05, 0.1) is 19.4 Å². The second-order valence-corrected chi connectivity index (χ2v) is 10.0. The zero-order chi connectivity index (χ0) is 30.7. The second-order valence-electron chi connectivity index (χ2n) is 10.0. The largest absolute Gasteiger partial charge is 0.490 e. The van der Waals surface area contributed by atoms with E-state index in [4.69, 9.17) is 29.3 Å². The highest BCUT2D eigenvalue weighted by Crippen LogP contribution is 2.45. The van der Waals surface area contributed by atoms with E-state index in [1.807, 2.05) is 13.3 Å². The third-order valence-corrected chi connectivity index (χ3v) is 6.79. The molecule has 2 aliphatic heterocycles. The Labute approximate surface area is 228 Å². The number of aromatic nitrogens is 2. The third kappa shape index (κ3) is 11.6. The molecule has 3 heterocycles. The Balaban J connectivity index is 0.000000473. The fraction of sp³-hybridized carbons (Fsp3) is 0.792. The molecule has 1 aromatic heterocycles. The number of alkyl halides is 6. The average molecular weight is 593 g/mol. The summed E-state index contributed by atoms with van der Waals surface area (Å²) in [6.45, 7) is 12.8. The van der Waals surface area contributed by atoms with Crippen LogP contribution in [-0.2, 0) is 25.6 Å². The fourth-order valence-electron chi connectivity index (χ4n) is 4.69. The van der Waals surface area contributed by atoms with Gasteiger partial charge in [0.25, 0.3) is 0 Å². The Morgan fingerprint density at radius 1 is 1.02 bits per heavy atom. The van der Waals surface area contributed by atoms with Crippen molar-refractivity contribution in [2.24, 2.45) is 11.3 Å². The molecule has 2 fully saturated rings. The molecule has 10 nitrogen and oxygen atoms in total. The molecule has 0 amide bonds. The molecule has 2 aliphatic rings. The van der Waals surface area contributed by atoms with Crippen LogP contribution in [0.2, 0.25) is 0 Å². The summed E-state index contributed by atoms with van der Waals surface area (Å²) in [6, 6.07) is 0.430. The lowest BCUT2D eigenvalue weighted by atomic mass is 9.71. The Morgan fingerprint density at radius 3 is 1.95 bits per heavy atom. The maximum Gasteiger partial charge on any atom is 0.490 e. The zero-order valence-corrected chi connectivity index (χ0v) is 23.0. The van der Waals surface area contributed by atoms with E-state index in [2.05, 4.69) is 39.6 Å². The van der Waals surface area contributed by atoms with Gasteiger partial charge in [-0.15, -0.1) is 0 Å². The van der Waals surface area contributed by atoms with Crippen LogP contribution in [0.15, 0.2) is 12.4 Å². The van der Waals surface area contributed by atoms with E-state index in [0.717, 1.165) is 32.8 Å². The molecule has 1 spiro atoms. The van der Waals surface area contributed by atoms with E-state index >= 15 is 0 Å². The predicted octanol–water partition coefficient (Wildman–Crippen LogP) is 3.54. The first-order valence-electron chi connectivity index (χ1n) is 12.5. The number of hydrogen-bond donors (Lipinski definition) is 2. The number of methoxy groups -OCH3 is 2. The van der Waals surface area contributed by atoms with Crippen LogP contribution in [0.3, 0.4) is 0 Å². The predicted molar refractivity (Wildman–Crippen MR) is 131 cm³/mol. The number of halogens is 6. The molecule has 2 saturated heterocycles. The van der Waals surface area contributed by atoms with Crippen LogP contribution in [0.5, 0.6) is 0 Å². The van der Waals surface area contributed by atoms with E-state index in [-0.39, 0.29) is 0 Å². The fourth-order valence-corrected chi connectivity index (χ4v) is 4.69. The second kappa shape index (κ2) is 15.5. The van der Waals surface area contributed by atoms with Crippen molar-refractivity contribution in [1.29, 1.82) is 0 Å². The van der Waals surface area contributed by atoms with Crippen molar-refractivity contribution in [3.8, 4) is 0 Å². The quantitative estimate of drug-likeness (QED) is 0.437. The van der Waals surface area contributed by atoms with E-state index in [9.17, 15) is 26.3 Å². The molecule has 0 saturated carbocycles. The van der Waals surface area contributed by atoms with Gasteiger partial charge < -0.3 is 24.6 Å². The summed E-state index contributed by atoms with van der Waals surface area (Å²) in [5.74, 6) is -4.87. The summed E-state index contributed by atoms with van der Waals surface area (Å²) in [6.07, 6.45) is -3.41. The van der Waals surface area contributed by atoms with E-state index in [1.165, 1.54) is 38.0 Å². The van der Waals surface area contributed by atoms with Gasteiger partial charge in [0.1, 0.15) is 0 Å². The van der Waals surface area contributed by atoms with Crippen molar-refractivity contribution >= 4 is 11.9 Å². The molecular formula is C24H38F6N4O6. The molecule has 3 rings (SSSR count). The molecule has 0 aromatic carbocycles. The minimum absolute atomic E-state index is 0.419. The van der Waals surface area contributed by atoms with Crippen LogP contribution in [0.25, 0.3) is 0 Å². The van der Waals surface area contributed by atoms with Gasteiger partial charge in [0.2, 0.25) is 0 Å². The van der Waals surface area contributed by atoms with Crippen LogP contribution in [-0.4, -0.2) is 114 Å². The van der Waals surface area contributed by atoms with Gasteiger partial charge in [-0.05, 0) is 45.2 Å². The number of carboxylic acid groups (broad SMARTS) is 2. The summed E-state index contributed by atoms with van der Waals surface area (Å²) in [5.41, 5.74) is 1.75. The number of piperidine rings is 1. The summed E-state index contributed by atoms with van der Waals surface area (Å²) >= 11 is 0. The van der Waals surface area contributed by atoms with Crippen LogP contribution < -0.4 is 0 Å². The van der Waals surface area contributed by atoms with Crippen molar-refractivity contribution in [2.45, 2.75) is 51.6 Å². The maximum atomic E-state index is 10.6. The van der Waals surface area contributed by atoms with Crippen LogP contribution in [0.1, 0.15) is 38.3 Å². The van der Waals surface area contributed by atoms with E-state index in [1.54, 1.807) is 7.11 Å². The minimum Gasteiger partial charge on any atom is -0.475 e. The Kier molecular flexibility index (Phi) is 13.8. The average Bonchev–Trinajstić information content (AvgIpc) is 3.44. The van der Waals surface area contributed by atoms with Gasteiger partial charge in [-0.25, -0.2) is 9.59 Å². The highest BCUT2D eigenvalue weighted by atomic mass is 19.4. The molecule has 40 heavy (non-hydrogen) atoms. The molecule has 16 heteroatoms. The molecule has 1 atom stereocenters. The number of likely N-dealkylation sites (tertiary alicyclic amines) is 2. The molecule has 232 valence electrons. The smallest absolute Gasteiger partial charge is 0.475 e. The lowest BCUT2D eigenvalue weighted by molar-refractivity contribution is -0.193. The van der Waals surface area contributed by atoms with Gasteiger partial charge in [-0.1, -0.05) is 0 Å². The lowest BCUT2D eigenvalue weighted by Crippen LogP contribution is -2.45. The van der Waals surface area contributed by atoms with Gasteiger partial charge in [-0.3, -0.25) is 9.58 Å². The summed E-state index contributed by atoms with van der Waals surface area (Å²) in [5, 5.41) is 18.7. The molecular weight excluding hydrogens is 554 g/mol. The van der Waals surface area contributed by atoms with Gasteiger partial charge >= 0.3 is 24.3 Å². The first kappa shape index (κ1) is 35.6. The normalized spacial score (nSPS) is 19.6. The number of rotatable bonds is 8. The first-order chi connectivity index (χ1) is 18.4. The Morgan fingerprint density at radius 2 is 1.55 bits per heavy atom. The molecule has 1 aromatic rings. The maximum absolute atomic E-state index is 10.6. The van der Waals surface area contributed by atoms with Crippen molar-refractivity contribution in [3.63, 3.8) is 0 Å². The highest BCUT2D eigenvalue weighted by molar-refractivity contribution is 5.73. The molecule has 0 radical (unpaired) electrons. The number of carboxylic acids is 2. The minimum atomic E-state index is -5.08. The van der Waals surface area contributed by atoms with Crippen molar-refractivity contribution in [1.82, 2.24) is 19.6 Å². The van der Waals surface area contributed by atoms with Crippen molar-refractivity contribution < 1.29 is 55.6 Å². The SMILES string of the molecule is COCCN1CC(COC)C2(CCN(Cc3cnn(C(C)C)c3)CC2)C1.O=C(O)C(F)(F)F.O=C(O)C(F)(F)F. The molecule has 1 unspecified atom stereocenters. The van der Waals surface area contributed by atoms with Crippen molar-refractivity contribution in [2.75, 3.05) is 60.2 Å². The monoisotopic (exact) mass is 592 g/mol. The highest BCUT2D eigenvalue weighted by Gasteiger charge is 2.47. The summed E-state index contributed by atoms with van der Waals surface area (Å²) in [7, 11) is 3.63. The molecule has 0 aliphatic carbocycles. The van der Waals surface area contributed by atoms with Crippen molar-refractivity contribution in [3.05, 3.63) is 18.0 Å². The first-order valence-corrected chi connectivity index (χ1v) is 12.5. The molecule has 0 bridgehead atoms. The van der Waals surface area contributed by atoms with Crippen LogP contribution in [0.4, 0.5) is 26.3 Å².